The van der Waals surface area contributed by atoms with E-state index in [0.29, 0.717) is 17.9 Å². The molecule has 0 fully saturated rings. The number of rotatable bonds is 4. The van der Waals surface area contributed by atoms with E-state index in [1.807, 2.05) is 19.1 Å². The van der Waals surface area contributed by atoms with Crippen LogP contribution in [0.5, 0.6) is 11.5 Å². The van der Waals surface area contributed by atoms with Gasteiger partial charge in [0.05, 0.1) is 5.56 Å². The zero-order valence-electron chi connectivity index (χ0n) is 8.86. The Kier molecular flexibility index (Phi) is 3.92. The van der Waals surface area contributed by atoms with Gasteiger partial charge in [-0.25, -0.2) is 0 Å². The molecular formula is C12H14O3. The van der Waals surface area contributed by atoms with E-state index >= 15 is 0 Å². The maximum atomic E-state index is 11.0. The molecule has 80 valence electrons. The van der Waals surface area contributed by atoms with Crippen LogP contribution in [0, 0.1) is 0 Å². The van der Waals surface area contributed by atoms with Crippen molar-refractivity contribution in [2.45, 2.75) is 13.8 Å². The van der Waals surface area contributed by atoms with Crippen LogP contribution in [0.25, 0.3) is 0 Å². The average molecular weight is 206 g/mol. The molecular weight excluding hydrogens is 192 g/mol. The highest BCUT2D eigenvalue weighted by Crippen LogP contribution is 2.23. The van der Waals surface area contributed by atoms with E-state index in [1.54, 1.807) is 12.1 Å². The predicted octanol–water partition coefficient (Wildman–Crippen LogP) is 2.55. The normalized spacial score (nSPS) is 10.5. The van der Waals surface area contributed by atoms with Gasteiger partial charge in [0.25, 0.3) is 0 Å². The van der Waals surface area contributed by atoms with Crippen molar-refractivity contribution in [3.05, 3.63) is 35.9 Å². The molecule has 0 unspecified atom stereocenters. The first-order chi connectivity index (χ1) is 7.15. The van der Waals surface area contributed by atoms with Gasteiger partial charge < -0.3 is 9.84 Å². The second kappa shape index (κ2) is 5.20. The van der Waals surface area contributed by atoms with Gasteiger partial charge >= 0.3 is 0 Å². The minimum Gasteiger partial charge on any atom is -0.507 e. The molecule has 0 amide bonds. The maximum absolute atomic E-state index is 11.0. The maximum Gasteiger partial charge on any atom is 0.163 e. The third-order valence-electron chi connectivity index (χ3n) is 1.93. The fraction of sp³-hybridized carbons (Fsp3) is 0.250. The Hall–Kier alpha value is -1.77. The van der Waals surface area contributed by atoms with E-state index < -0.39 is 0 Å². The number of aromatic hydroxyl groups is 1. The average Bonchev–Trinajstić information content (AvgIpc) is 2.17. The van der Waals surface area contributed by atoms with Crippen molar-refractivity contribution in [2.75, 3.05) is 6.61 Å². The number of ether oxygens (including phenoxy) is 1. The quantitative estimate of drug-likeness (QED) is 0.608. The fourth-order valence-electron chi connectivity index (χ4n) is 1.14. The van der Waals surface area contributed by atoms with Crippen molar-refractivity contribution in [3.8, 4) is 11.5 Å². The molecule has 3 nitrogen and oxygen atoms in total. The first kappa shape index (κ1) is 11.3. The van der Waals surface area contributed by atoms with Crippen LogP contribution in [-0.2, 0) is 0 Å². The smallest absolute Gasteiger partial charge is 0.163 e. The van der Waals surface area contributed by atoms with Crippen LogP contribution in [0.2, 0.25) is 0 Å². The standard InChI is InChI=1S/C12H14O3/c1-3-4-7-15-10-5-6-11(9(2)13)12(14)8-10/h3-6,8,14H,7H2,1-2H3. The lowest BCUT2D eigenvalue weighted by Crippen LogP contribution is -1.96. The van der Waals surface area contributed by atoms with E-state index in [0.717, 1.165) is 0 Å². The molecule has 1 aromatic rings. The van der Waals surface area contributed by atoms with Crippen molar-refractivity contribution in [2.24, 2.45) is 0 Å². The number of carbonyl (C=O) groups is 1. The lowest BCUT2D eigenvalue weighted by atomic mass is 10.1. The number of benzene rings is 1. The first-order valence-electron chi connectivity index (χ1n) is 4.73. The zero-order valence-corrected chi connectivity index (χ0v) is 8.86. The number of hydrogen-bond acceptors (Lipinski definition) is 3. The zero-order chi connectivity index (χ0) is 11.3. The highest BCUT2D eigenvalue weighted by molar-refractivity contribution is 5.96. The second-order valence-corrected chi connectivity index (χ2v) is 3.12. The Labute approximate surface area is 89.0 Å². The molecule has 0 atom stereocenters. The molecule has 1 aromatic carbocycles. The van der Waals surface area contributed by atoms with Gasteiger partial charge in [0.2, 0.25) is 0 Å². The minimum absolute atomic E-state index is 0.0412. The molecule has 0 heterocycles. The van der Waals surface area contributed by atoms with Gasteiger partial charge in [-0.2, -0.15) is 0 Å². The number of carbonyl (C=O) groups excluding carboxylic acids is 1. The van der Waals surface area contributed by atoms with Crippen molar-refractivity contribution < 1.29 is 14.6 Å². The van der Waals surface area contributed by atoms with Crippen LogP contribution in [0.4, 0.5) is 0 Å². The SMILES string of the molecule is CC=CCOc1ccc(C(C)=O)c(O)c1. The predicted molar refractivity (Wildman–Crippen MR) is 58.4 cm³/mol. The topological polar surface area (TPSA) is 46.5 Å². The van der Waals surface area contributed by atoms with E-state index in [2.05, 4.69) is 0 Å². The number of phenols is 1. The summed E-state index contributed by atoms with van der Waals surface area (Å²) < 4.78 is 5.30. The minimum atomic E-state index is -0.160. The molecule has 15 heavy (non-hydrogen) atoms. The van der Waals surface area contributed by atoms with E-state index in [4.69, 9.17) is 4.74 Å². The van der Waals surface area contributed by atoms with Gasteiger partial charge in [-0.15, -0.1) is 0 Å². The van der Waals surface area contributed by atoms with Gasteiger partial charge in [-0.05, 0) is 26.0 Å². The summed E-state index contributed by atoms with van der Waals surface area (Å²) >= 11 is 0. The van der Waals surface area contributed by atoms with Gasteiger partial charge in [-0.3, -0.25) is 4.79 Å². The summed E-state index contributed by atoms with van der Waals surface area (Å²) in [4.78, 5) is 11.0. The van der Waals surface area contributed by atoms with Gasteiger partial charge in [0.1, 0.15) is 18.1 Å². The molecule has 0 saturated heterocycles. The highest BCUT2D eigenvalue weighted by Gasteiger charge is 2.06. The van der Waals surface area contributed by atoms with E-state index in [1.165, 1.54) is 13.0 Å². The van der Waals surface area contributed by atoms with Crippen LogP contribution in [0.1, 0.15) is 24.2 Å². The summed E-state index contributed by atoms with van der Waals surface area (Å²) in [6, 6.07) is 4.67. The summed E-state index contributed by atoms with van der Waals surface area (Å²) in [6.45, 7) is 3.77. The molecule has 1 N–H and O–H groups in total. The first-order valence-corrected chi connectivity index (χ1v) is 4.73. The summed E-state index contributed by atoms with van der Waals surface area (Å²) in [5.74, 6) is 0.351. The molecule has 0 radical (unpaired) electrons. The molecule has 0 bridgehead atoms. The van der Waals surface area contributed by atoms with Crippen LogP contribution >= 0.6 is 0 Å². The van der Waals surface area contributed by atoms with Crippen molar-refractivity contribution >= 4 is 5.78 Å². The number of Topliss-reactive ketones (excluding diaryl/α,β-unsaturated/α-hetero) is 1. The molecule has 3 heteroatoms. The number of ketones is 1. The molecule has 0 spiro atoms. The Bertz CT molecular complexity index is 380. The lowest BCUT2D eigenvalue weighted by molar-refractivity contribution is 0.101. The molecule has 0 aliphatic rings. The Morgan fingerprint density at radius 2 is 2.27 bits per heavy atom. The fourth-order valence-corrected chi connectivity index (χ4v) is 1.14. The molecule has 1 rings (SSSR count). The highest BCUT2D eigenvalue weighted by atomic mass is 16.5. The van der Waals surface area contributed by atoms with E-state index in [9.17, 15) is 9.90 Å². The van der Waals surface area contributed by atoms with Crippen LogP contribution in [0.15, 0.2) is 30.4 Å². The lowest BCUT2D eigenvalue weighted by Gasteiger charge is -2.05. The Balaban J connectivity index is 2.77. The monoisotopic (exact) mass is 206 g/mol. The number of hydrogen-bond donors (Lipinski definition) is 1. The molecule has 0 aliphatic carbocycles. The number of phenolic OH excluding ortho intramolecular Hbond substituents is 1. The van der Waals surface area contributed by atoms with Crippen molar-refractivity contribution in [3.63, 3.8) is 0 Å². The van der Waals surface area contributed by atoms with Gasteiger partial charge in [0, 0.05) is 6.07 Å². The third kappa shape index (κ3) is 3.13. The van der Waals surface area contributed by atoms with Crippen LogP contribution < -0.4 is 4.74 Å². The third-order valence-corrected chi connectivity index (χ3v) is 1.93. The van der Waals surface area contributed by atoms with Gasteiger partial charge in [-0.1, -0.05) is 12.2 Å². The Morgan fingerprint density at radius 3 is 2.80 bits per heavy atom. The summed E-state index contributed by atoms with van der Waals surface area (Å²) in [6.07, 6.45) is 3.74. The Morgan fingerprint density at radius 1 is 1.53 bits per heavy atom. The summed E-state index contributed by atoms with van der Waals surface area (Å²) in [5.41, 5.74) is 0.313. The summed E-state index contributed by atoms with van der Waals surface area (Å²) in [7, 11) is 0. The van der Waals surface area contributed by atoms with Crippen LogP contribution in [-0.4, -0.2) is 17.5 Å². The van der Waals surface area contributed by atoms with Crippen molar-refractivity contribution in [1.29, 1.82) is 0 Å². The van der Waals surface area contributed by atoms with Gasteiger partial charge in [0.15, 0.2) is 5.78 Å². The molecule has 0 saturated carbocycles. The molecule has 0 aliphatic heterocycles. The largest absolute Gasteiger partial charge is 0.507 e. The molecule has 0 aromatic heterocycles. The van der Waals surface area contributed by atoms with E-state index in [-0.39, 0.29) is 11.5 Å². The second-order valence-electron chi connectivity index (χ2n) is 3.12. The summed E-state index contributed by atoms with van der Waals surface area (Å²) in [5, 5.41) is 9.50. The van der Waals surface area contributed by atoms with Crippen molar-refractivity contribution in [1.82, 2.24) is 0 Å². The van der Waals surface area contributed by atoms with Crippen LogP contribution in [0.3, 0.4) is 0 Å². The number of allylic oxidation sites excluding steroid dienone is 1.